The summed E-state index contributed by atoms with van der Waals surface area (Å²) in [6.45, 7) is 0. The Hall–Kier alpha value is 0.130. The van der Waals surface area contributed by atoms with Gasteiger partial charge in [-0.1, -0.05) is 0 Å². The van der Waals surface area contributed by atoms with E-state index in [0.29, 0.717) is 0 Å². The predicted octanol–water partition coefficient (Wildman–Crippen LogP) is 1.34. The van der Waals surface area contributed by atoms with Crippen molar-refractivity contribution in [3.05, 3.63) is 0 Å². The normalized spacial score (nSPS) is 0. The summed E-state index contributed by atoms with van der Waals surface area (Å²) in [7, 11) is 0. The van der Waals surface area contributed by atoms with Crippen LogP contribution in [0.5, 0.6) is 0 Å². The van der Waals surface area contributed by atoms with Gasteiger partial charge in [0.1, 0.15) is 0 Å². The van der Waals surface area contributed by atoms with Crippen molar-refractivity contribution >= 4 is 17.0 Å². The lowest BCUT2D eigenvalue weighted by Gasteiger charge is -0.270. The van der Waals surface area contributed by atoms with Crippen LogP contribution in [0.2, 0.25) is 0 Å². The van der Waals surface area contributed by atoms with Crippen molar-refractivity contribution in [2.45, 2.75) is 0 Å². The van der Waals surface area contributed by atoms with E-state index < -0.39 is 0 Å². The van der Waals surface area contributed by atoms with E-state index in [9.17, 15) is 0 Å². The first-order valence-corrected chi connectivity index (χ1v) is 0. The molecule has 0 spiro atoms. The quantitative estimate of drug-likeness (QED) is 0.494. The van der Waals surface area contributed by atoms with Crippen LogP contribution in [-0.4, -0.2) is 0 Å². The molecule has 0 saturated carbocycles. The SMILES string of the molecule is Br.F.F.F.F.F. The molecule has 6 heavy (non-hydrogen) atoms. The van der Waals surface area contributed by atoms with E-state index in [1.54, 1.807) is 0 Å². The van der Waals surface area contributed by atoms with Crippen molar-refractivity contribution < 1.29 is 23.5 Å². The Balaban J connectivity index is 0. The summed E-state index contributed by atoms with van der Waals surface area (Å²) in [6.07, 6.45) is 0. The van der Waals surface area contributed by atoms with Gasteiger partial charge >= 0.3 is 0 Å². The lowest BCUT2D eigenvalue weighted by molar-refractivity contribution is 1.11. The minimum atomic E-state index is 0. The summed E-state index contributed by atoms with van der Waals surface area (Å²) in [5.41, 5.74) is 0. The molecule has 0 aliphatic heterocycles. The summed E-state index contributed by atoms with van der Waals surface area (Å²) in [5.74, 6) is 0. The van der Waals surface area contributed by atoms with E-state index in [2.05, 4.69) is 0 Å². The zero-order valence-corrected chi connectivity index (χ0v) is 4.16. The molecule has 0 saturated heterocycles. The van der Waals surface area contributed by atoms with Crippen molar-refractivity contribution in [2.24, 2.45) is 0 Å². The molecule has 0 amide bonds. The Kier molecular flexibility index (Phi) is 8240000. The molecule has 0 nitrogen and oxygen atoms in total. The Labute approximate surface area is 41.5 Å². The van der Waals surface area contributed by atoms with Crippen LogP contribution in [0.25, 0.3) is 0 Å². The van der Waals surface area contributed by atoms with Gasteiger partial charge < -0.3 is 0 Å². The molecule has 0 unspecified atom stereocenters. The van der Waals surface area contributed by atoms with Crippen molar-refractivity contribution in [1.29, 1.82) is 0 Å². The molecule has 0 heterocycles. The Bertz CT molecular complexity index is 3.90. The van der Waals surface area contributed by atoms with E-state index >= 15 is 0 Å². The minimum Gasteiger partial charge on any atom is -0.269 e. The number of hydrogen-bond acceptors (Lipinski definition) is 0. The van der Waals surface area contributed by atoms with Crippen LogP contribution >= 0.6 is 17.0 Å². The van der Waals surface area contributed by atoms with E-state index in [-0.39, 0.29) is 40.5 Å². The fourth-order valence-electron chi connectivity index (χ4n) is 0. The molecule has 0 fully saturated rings. The molecule has 0 radical (unpaired) electrons. The molecule has 6 heteroatoms. The lowest BCUT2D eigenvalue weighted by Crippen LogP contribution is 0.419. The highest BCUT2D eigenvalue weighted by atomic mass is 79.9. The molecule has 0 N–H and O–H groups in total. The van der Waals surface area contributed by atoms with E-state index in [4.69, 9.17) is 0 Å². The van der Waals surface area contributed by atoms with Gasteiger partial charge in [-0.25, -0.2) is 0 Å². The van der Waals surface area contributed by atoms with Gasteiger partial charge in [-0.05, 0) is 0 Å². The second-order valence-electron chi connectivity index (χ2n) is 0. The molecule has 0 bridgehead atoms. The number of hydrogen-bond donors (Lipinski definition) is 0. The fourth-order valence-corrected chi connectivity index (χ4v) is 0. The van der Waals surface area contributed by atoms with E-state index in [1.165, 1.54) is 0 Å². The third-order valence-electron chi connectivity index (χ3n) is 0. The molecule has 0 aliphatic rings. The maximum atomic E-state index is 0. The summed E-state index contributed by atoms with van der Waals surface area (Å²) in [6, 6.07) is 0. The van der Waals surface area contributed by atoms with Crippen LogP contribution in [0.1, 0.15) is 0 Å². The van der Waals surface area contributed by atoms with Crippen molar-refractivity contribution in [3.8, 4) is 0 Å². The molecular formula is H6BrF5. The molecular weight excluding hydrogens is 175 g/mol. The third kappa shape index (κ3) is 2390. The Morgan fingerprint density at radius 1 is 0.333 bits per heavy atom. The third-order valence-corrected chi connectivity index (χ3v) is 0. The molecule has 0 aromatic carbocycles. The van der Waals surface area contributed by atoms with Gasteiger partial charge in [-0.15, -0.1) is 17.0 Å². The van der Waals surface area contributed by atoms with Gasteiger partial charge in [0, 0.05) is 0 Å². The van der Waals surface area contributed by atoms with Gasteiger partial charge in [0.15, 0.2) is 0 Å². The Morgan fingerprint density at radius 2 is 0.333 bits per heavy atom. The summed E-state index contributed by atoms with van der Waals surface area (Å²) >= 11 is 0. The molecule has 0 aromatic heterocycles. The first kappa shape index (κ1) is 9550. The monoisotopic (exact) mass is 180 g/mol. The van der Waals surface area contributed by atoms with E-state index in [1.807, 2.05) is 0 Å². The Morgan fingerprint density at radius 3 is 0.333 bits per heavy atom. The highest BCUT2D eigenvalue weighted by Crippen LogP contribution is 0.846. The predicted molar refractivity (Wildman–Crippen MR) is 22.8 cm³/mol. The van der Waals surface area contributed by atoms with Crippen LogP contribution < -0.4 is 0 Å². The van der Waals surface area contributed by atoms with Crippen LogP contribution in [-0.2, 0) is 0 Å². The average Bonchev–Trinajstić information content (AvgIpc) is 0. The highest BCUT2D eigenvalue weighted by molar-refractivity contribution is 8.93. The largest absolute Gasteiger partial charge is 0.269 e. The van der Waals surface area contributed by atoms with Gasteiger partial charge in [0.25, 0.3) is 0 Å². The minimum absolute atomic E-state index is 0. The summed E-state index contributed by atoms with van der Waals surface area (Å²) in [4.78, 5) is 0. The molecule has 0 aromatic rings. The fraction of sp³-hybridized carbons (Fsp3) is 0. The highest BCUT2D eigenvalue weighted by Gasteiger charge is -0.114. The number of rotatable bonds is 0. The standard InChI is InChI=1S/BrH.5FH/h6*1H. The first-order chi connectivity index (χ1) is 0. The second kappa shape index (κ2) is 5180. The molecule has 0 aliphatic carbocycles. The van der Waals surface area contributed by atoms with Gasteiger partial charge in [0.05, 0.1) is 0 Å². The van der Waals surface area contributed by atoms with Crippen LogP contribution in [0.3, 0.4) is 0 Å². The van der Waals surface area contributed by atoms with Gasteiger partial charge in [0.2, 0.25) is 0 Å². The molecule has 48 valence electrons. The van der Waals surface area contributed by atoms with Crippen molar-refractivity contribution in [2.75, 3.05) is 0 Å². The first-order valence-electron chi connectivity index (χ1n) is 0. The number of halogens is 6. The molecule has 0 atom stereocenters. The smallest absolute Gasteiger partial charge is 0.114 e. The second-order valence-corrected chi connectivity index (χ2v) is 0. The van der Waals surface area contributed by atoms with Crippen molar-refractivity contribution in [1.82, 2.24) is 0 Å². The van der Waals surface area contributed by atoms with Gasteiger partial charge in [-0.2, -0.15) is 0 Å². The van der Waals surface area contributed by atoms with Crippen LogP contribution in [0.15, 0.2) is 0 Å². The molecule has 0 rings (SSSR count). The maximum Gasteiger partial charge on any atom is -0.114 e. The maximum absolute atomic E-state index is 0. The summed E-state index contributed by atoms with van der Waals surface area (Å²) in [5, 5.41) is 0. The summed E-state index contributed by atoms with van der Waals surface area (Å²) < 4.78 is 0. The van der Waals surface area contributed by atoms with Gasteiger partial charge in [-0.3, -0.25) is 23.5 Å². The zero-order chi connectivity index (χ0) is 0. The zero-order valence-electron chi connectivity index (χ0n) is 2.45. The van der Waals surface area contributed by atoms with E-state index in [0.717, 1.165) is 0 Å². The lowest BCUT2D eigenvalue weighted by atomic mass is 19.0. The topological polar surface area (TPSA) is 0 Å². The average molecular weight is 181 g/mol. The van der Waals surface area contributed by atoms with Crippen molar-refractivity contribution in [3.63, 3.8) is 0 Å². The van der Waals surface area contributed by atoms with Crippen LogP contribution in [0.4, 0.5) is 23.5 Å². The van der Waals surface area contributed by atoms with Crippen LogP contribution in [0, 0.1) is 0 Å².